The van der Waals surface area contributed by atoms with Crippen LogP contribution in [0.2, 0.25) is 18.1 Å². The summed E-state index contributed by atoms with van der Waals surface area (Å²) in [5.41, 5.74) is 1.10. The molecule has 1 saturated heterocycles. The van der Waals surface area contributed by atoms with E-state index in [1.54, 1.807) is 13.1 Å². The third kappa shape index (κ3) is 5.05. The zero-order chi connectivity index (χ0) is 22.1. The van der Waals surface area contributed by atoms with Crippen LogP contribution < -0.4 is 10.2 Å². The van der Waals surface area contributed by atoms with Crippen LogP contribution in [0.4, 0.5) is 16.2 Å². The van der Waals surface area contributed by atoms with Crippen LogP contribution in [0.25, 0.3) is 0 Å². The van der Waals surface area contributed by atoms with Crippen LogP contribution in [0.15, 0.2) is 12.4 Å². The highest BCUT2D eigenvalue weighted by Crippen LogP contribution is 2.40. The molecule has 2 heterocycles. The molecule has 0 aliphatic carbocycles. The average Bonchev–Trinajstić information content (AvgIpc) is 2.55. The zero-order valence-corrected chi connectivity index (χ0v) is 19.2. The first kappa shape index (κ1) is 23.1. The second-order valence-corrected chi connectivity index (χ2v) is 14.1. The number of aryl methyl sites for hydroxylation is 1. The van der Waals surface area contributed by atoms with Gasteiger partial charge in [-0.25, -0.2) is 4.79 Å². The number of aromatic nitrogens is 1. The molecule has 1 amide bonds. The Morgan fingerprint density at radius 2 is 2.00 bits per heavy atom. The van der Waals surface area contributed by atoms with Crippen molar-refractivity contribution < 1.29 is 19.3 Å². The molecule has 1 aliphatic rings. The second-order valence-electron chi connectivity index (χ2n) is 9.36. The van der Waals surface area contributed by atoms with E-state index in [-0.39, 0.29) is 22.7 Å². The fourth-order valence-corrected chi connectivity index (χ4v) is 4.97. The highest BCUT2D eigenvalue weighted by atomic mass is 28.4. The average molecular weight is 425 g/mol. The van der Waals surface area contributed by atoms with Gasteiger partial charge in [0.1, 0.15) is 11.9 Å². The second kappa shape index (κ2) is 8.27. The maximum absolute atomic E-state index is 11.5. The van der Waals surface area contributed by atoms with Gasteiger partial charge in [-0.1, -0.05) is 27.7 Å². The lowest BCUT2D eigenvalue weighted by Crippen LogP contribution is -2.62. The first-order valence-electron chi connectivity index (χ1n) is 9.76. The van der Waals surface area contributed by atoms with E-state index in [9.17, 15) is 20.0 Å². The molecule has 0 radical (unpaired) electrons. The lowest BCUT2D eigenvalue weighted by atomic mass is 9.91. The van der Waals surface area contributed by atoms with Gasteiger partial charge in [-0.2, -0.15) is 0 Å². The summed E-state index contributed by atoms with van der Waals surface area (Å²) >= 11 is 0. The number of anilines is 1. The highest BCUT2D eigenvalue weighted by molar-refractivity contribution is 6.74. The maximum Gasteiger partial charge on any atom is 0.405 e. The van der Waals surface area contributed by atoms with Gasteiger partial charge in [0.05, 0.1) is 17.1 Å². The number of hydrogen-bond donors (Lipinski definition) is 2. The molecule has 1 fully saturated rings. The molecule has 29 heavy (non-hydrogen) atoms. The Balaban J connectivity index is 2.39. The van der Waals surface area contributed by atoms with Gasteiger partial charge in [0, 0.05) is 25.2 Å². The van der Waals surface area contributed by atoms with Gasteiger partial charge in [-0.3, -0.25) is 15.1 Å². The molecule has 162 valence electrons. The predicted molar refractivity (Wildman–Crippen MR) is 114 cm³/mol. The predicted octanol–water partition coefficient (Wildman–Crippen LogP) is 3.78. The monoisotopic (exact) mass is 424 g/mol. The Morgan fingerprint density at radius 1 is 1.38 bits per heavy atom. The molecule has 0 saturated carbocycles. The van der Waals surface area contributed by atoms with Crippen molar-refractivity contribution in [2.75, 3.05) is 18.0 Å². The molecule has 1 aliphatic heterocycles. The topological polar surface area (TPSA) is 118 Å². The number of nitrogens with one attached hydrogen (secondary N) is 1. The zero-order valence-electron chi connectivity index (χ0n) is 18.2. The summed E-state index contributed by atoms with van der Waals surface area (Å²) in [6.45, 7) is 15.3. The van der Waals surface area contributed by atoms with Crippen LogP contribution in [-0.4, -0.2) is 54.7 Å². The minimum Gasteiger partial charge on any atom is -0.465 e. The summed E-state index contributed by atoms with van der Waals surface area (Å²) in [5, 5.41) is 23.5. The normalized spacial score (nSPS) is 23.0. The number of carboxylic acid groups (broad SMARTS) is 1. The third-order valence-corrected chi connectivity index (χ3v) is 10.5. The van der Waals surface area contributed by atoms with E-state index in [0.717, 1.165) is 0 Å². The fourth-order valence-electron chi connectivity index (χ4n) is 3.54. The molecule has 0 unspecified atom stereocenters. The summed E-state index contributed by atoms with van der Waals surface area (Å²) in [5.74, 6) is -0.0260. The molecular formula is C19H32N4O5Si. The molecule has 10 heteroatoms. The summed E-state index contributed by atoms with van der Waals surface area (Å²) in [6.07, 6.45) is 1.40. The Bertz CT molecular complexity index is 780. The van der Waals surface area contributed by atoms with Crippen molar-refractivity contribution in [3.63, 3.8) is 0 Å². The summed E-state index contributed by atoms with van der Waals surface area (Å²) in [7, 11) is -2.14. The fraction of sp³-hybridized carbons (Fsp3) is 0.684. The third-order valence-electron chi connectivity index (χ3n) is 6.02. The van der Waals surface area contributed by atoms with Crippen LogP contribution in [0.3, 0.4) is 0 Å². The molecule has 1 aromatic heterocycles. The molecule has 1 aromatic rings. The number of amides is 1. The van der Waals surface area contributed by atoms with Gasteiger partial charge in [0.25, 0.3) is 0 Å². The van der Waals surface area contributed by atoms with Crippen LogP contribution >= 0.6 is 0 Å². The first-order chi connectivity index (χ1) is 13.2. The van der Waals surface area contributed by atoms with E-state index in [4.69, 9.17) is 4.43 Å². The summed E-state index contributed by atoms with van der Waals surface area (Å²) < 4.78 is 6.60. The molecule has 9 nitrogen and oxygen atoms in total. The number of nitro groups is 1. The Labute approximate surface area is 172 Å². The SMILES string of the molecule is Cc1cncc([N+](=O)[O-])c1N1C[C@H](C)[C@H](O[Si](C)(C)C(C)(C)C)[C@H](NC(=O)O)C1. The van der Waals surface area contributed by atoms with Crippen molar-refractivity contribution in [2.24, 2.45) is 5.92 Å². The lowest BCUT2D eigenvalue weighted by Gasteiger charge is -2.48. The molecule has 0 bridgehead atoms. The van der Waals surface area contributed by atoms with Gasteiger partial charge >= 0.3 is 11.8 Å². The van der Waals surface area contributed by atoms with E-state index in [1.165, 1.54) is 6.20 Å². The van der Waals surface area contributed by atoms with Crippen LogP contribution in [0, 0.1) is 23.0 Å². The van der Waals surface area contributed by atoms with E-state index in [2.05, 4.69) is 44.2 Å². The summed E-state index contributed by atoms with van der Waals surface area (Å²) in [6, 6.07) is -0.502. The number of hydrogen-bond acceptors (Lipinski definition) is 6. The smallest absolute Gasteiger partial charge is 0.405 e. The number of pyridine rings is 1. The van der Waals surface area contributed by atoms with Crippen molar-refractivity contribution in [3.05, 3.63) is 28.1 Å². The molecular weight excluding hydrogens is 392 g/mol. The van der Waals surface area contributed by atoms with Crippen molar-refractivity contribution in [2.45, 2.75) is 64.9 Å². The minimum atomic E-state index is -2.14. The Kier molecular flexibility index (Phi) is 6.58. The van der Waals surface area contributed by atoms with Gasteiger partial charge in [-0.05, 0) is 30.6 Å². The Morgan fingerprint density at radius 3 is 2.52 bits per heavy atom. The van der Waals surface area contributed by atoms with Crippen molar-refractivity contribution in [1.29, 1.82) is 0 Å². The van der Waals surface area contributed by atoms with Crippen LogP contribution in [0.1, 0.15) is 33.3 Å². The summed E-state index contributed by atoms with van der Waals surface area (Å²) in [4.78, 5) is 28.4. The van der Waals surface area contributed by atoms with E-state index in [1.807, 2.05) is 11.8 Å². The van der Waals surface area contributed by atoms with Gasteiger partial charge in [-0.15, -0.1) is 0 Å². The van der Waals surface area contributed by atoms with Crippen molar-refractivity contribution in [3.8, 4) is 0 Å². The van der Waals surface area contributed by atoms with Gasteiger partial charge in [0.2, 0.25) is 0 Å². The lowest BCUT2D eigenvalue weighted by molar-refractivity contribution is -0.384. The molecule has 3 atom stereocenters. The number of piperidine rings is 1. The van der Waals surface area contributed by atoms with Gasteiger partial charge < -0.3 is 19.7 Å². The largest absolute Gasteiger partial charge is 0.465 e. The number of rotatable bonds is 5. The Hall–Kier alpha value is -2.20. The van der Waals surface area contributed by atoms with Gasteiger partial charge in [0.15, 0.2) is 8.32 Å². The first-order valence-corrected chi connectivity index (χ1v) is 12.7. The molecule has 0 spiro atoms. The molecule has 2 rings (SSSR count). The number of nitrogens with zero attached hydrogens (tertiary/aromatic N) is 3. The standard InChI is InChI=1S/C19H32N4O5Si/c1-12-8-20-9-15(23(26)27)16(12)22-10-13(2)17(14(11-22)21-18(24)25)28-29(6,7)19(3,4)5/h8-9,13-14,17,21H,10-11H2,1-7H3,(H,24,25)/t13-,14+,17-/m0/s1. The van der Waals surface area contributed by atoms with Crippen LogP contribution in [-0.2, 0) is 4.43 Å². The molecule has 0 aromatic carbocycles. The quantitative estimate of drug-likeness (QED) is 0.419. The maximum atomic E-state index is 11.5. The van der Waals surface area contributed by atoms with E-state index in [0.29, 0.717) is 24.3 Å². The highest BCUT2D eigenvalue weighted by Gasteiger charge is 2.45. The minimum absolute atomic E-state index is 0.0158. The van der Waals surface area contributed by atoms with E-state index < -0.39 is 25.4 Å². The number of carbonyl (C=O) groups is 1. The van der Waals surface area contributed by atoms with E-state index >= 15 is 0 Å². The molecule has 2 N–H and O–H groups in total. The van der Waals surface area contributed by atoms with Crippen molar-refractivity contribution >= 4 is 25.8 Å². The van der Waals surface area contributed by atoms with Crippen LogP contribution in [0.5, 0.6) is 0 Å². The van der Waals surface area contributed by atoms with Crippen molar-refractivity contribution in [1.82, 2.24) is 10.3 Å².